The highest BCUT2D eigenvalue weighted by molar-refractivity contribution is 5.92. The molecule has 156 valence electrons. The normalized spacial score (nSPS) is 15.7. The van der Waals surface area contributed by atoms with Gasteiger partial charge in [-0.2, -0.15) is 13.2 Å². The molecule has 29 heavy (non-hydrogen) atoms. The van der Waals surface area contributed by atoms with Gasteiger partial charge in [0, 0.05) is 25.1 Å². The molecular formula is C19H20F3N3O4. The molecule has 0 saturated carbocycles. The number of halogens is 3. The van der Waals surface area contributed by atoms with E-state index in [-0.39, 0.29) is 17.7 Å². The molecule has 1 aliphatic rings. The first-order valence-corrected chi connectivity index (χ1v) is 8.91. The maximum absolute atomic E-state index is 12.6. The lowest BCUT2D eigenvalue weighted by molar-refractivity contribution is -0.157. The van der Waals surface area contributed by atoms with Crippen LogP contribution in [0, 0.1) is 0 Å². The number of carbonyl (C=O) groups excluding carboxylic acids is 1. The first-order chi connectivity index (χ1) is 13.8. The number of nitrogens with zero attached hydrogens (tertiary/aromatic N) is 3. The minimum Gasteiger partial charge on any atom is -0.493 e. The highest BCUT2D eigenvalue weighted by Gasteiger charge is 2.39. The van der Waals surface area contributed by atoms with Crippen LogP contribution in [0.2, 0.25) is 0 Å². The molecule has 1 saturated heterocycles. The Bertz CT molecular complexity index is 887. The van der Waals surface area contributed by atoms with Crippen molar-refractivity contribution in [1.82, 2.24) is 15.1 Å². The standard InChI is InChI=1S/C19H20F3N3O4/c1-27-14-5-3-12(11-15(14)28-2)4-6-16(26)25-9-7-13(8-10-25)17-23-24-18(29-17)19(20,21)22/h3-6,11,13H,7-10H2,1-2H3. The van der Waals surface area contributed by atoms with Crippen LogP contribution in [0.3, 0.4) is 0 Å². The van der Waals surface area contributed by atoms with E-state index in [1.54, 1.807) is 36.3 Å². The number of piperidine rings is 1. The molecule has 0 N–H and O–H groups in total. The van der Waals surface area contributed by atoms with E-state index in [1.807, 2.05) is 0 Å². The summed E-state index contributed by atoms with van der Waals surface area (Å²) in [5, 5.41) is 6.56. The quantitative estimate of drug-likeness (QED) is 0.701. The van der Waals surface area contributed by atoms with Gasteiger partial charge in [-0.25, -0.2) is 0 Å². The van der Waals surface area contributed by atoms with Crippen LogP contribution < -0.4 is 9.47 Å². The molecule has 2 heterocycles. The molecule has 3 rings (SSSR count). The highest BCUT2D eigenvalue weighted by Crippen LogP contribution is 2.32. The summed E-state index contributed by atoms with van der Waals surface area (Å²) in [4.78, 5) is 14.0. The molecule has 1 amide bonds. The first kappa shape index (κ1) is 20.7. The largest absolute Gasteiger partial charge is 0.493 e. The van der Waals surface area contributed by atoms with Gasteiger partial charge < -0.3 is 18.8 Å². The smallest absolute Gasteiger partial charge is 0.470 e. The topological polar surface area (TPSA) is 77.7 Å². The second-order valence-electron chi connectivity index (χ2n) is 6.49. The van der Waals surface area contributed by atoms with E-state index in [1.165, 1.54) is 13.2 Å². The Morgan fingerprint density at radius 2 is 1.86 bits per heavy atom. The Morgan fingerprint density at radius 3 is 2.45 bits per heavy atom. The molecule has 0 bridgehead atoms. The second kappa shape index (κ2) is 8.54. The Labute approximate surface area is 165 Å². The van der Waals surface area contributed by atoms with Crippen molar-refractivity contribution in [2.24, 2.45) is 0 Å². The predicted molar refractivity (Wildman–Crippen MR) is 96.4 cm³/mol. The highest BCUT2D eigenvalue weighted by atomic mass is 19.4. The van der Waals surface area contributed by atoms with Gasteiger partial charge in [-0.1, -0.05) is 6.07 Å². The fourth-order valence-corrected chi connectivity index (χ4v) is 3.09. The summed E-state index contributed by atoms with van der Waals surface area (Å²) in [5.74, 6) is -0.708. The van der Waals surface area contributed by atoms with Gasteiger partial charge in [0.15, 0.2) is 11.5 Å². The van der Waals surface area contributed by atoms with Crippen molar-refractivity contribution < 1.29 is 31.9 Å². The number of amides is 1. The van der Waals surface area contributed by atoms with Crippen LogP contribution in [0.25, 0.3) is 6.08 Å². The van der Waals surface area contributed by atoms with E-state index < -0.39 is 12.1 Å². The zero-order chi connectivity index (χ0) is 21.0. The molecule has 7 nitrogen and oxygen atoms in total. The zero-order valence-corrected chi connectivity index (χ0v) is 15.9. The molecular weight excluding hydrogens is 391 g/mol. The van der Waals surface area contributed by atoms with E-state index >= 15 is 0 Å². The van der Waals surface area contributed by atoms with Crippen molar-refractivity contribution in [2.75, 3.05) is 27.3 Å². The van der Waals surface area contributed by atoms with Crippen LogP contribution in [-0.2, 0) is 11.0 Å². The van der Waals surface area contributed by atoms with Crippen molar-refractivity contribution >= 4 is 12.0 Å². The van der Waals surface area contributed by atoms with Crippen LogP contribution in [0.1, 0.15) is 36.1 Å². The van der Waals surface area contributed by atoms with Crippen LogP contribution in [0.5, 0.6) is 11.5 Å². The van der Waals surface area contributed by atoms with Crippen molar-refractivity contribution in [3.05, 3.63) is 41.6 Å². The lowest BCUT2D eigenvalue weighted by atomic mass is 9.97. The van der Waals surface area contributed by atoms with Gasteiger partial charge in [0.05, 0.1) is 14.2 Å². The van der Waals surface area contributed by atoms with Crippen molar-refractivity contribution in [3.8, 4) is 11.5 Å². The van der Waals surface area contributed by atoms with Gasteiger partial charge in [-0.3, -0.25) is 4.79 Å². The number of benzene rings is 1. The van der Waals surface area contributed by atoms with Crippen molar-refractivity contribution in [2.45, 2.75) is 24.9 Å². The van der Waals surface area contributed by atoms with Gasteiger partial charge in [0.25, 0.3) is 0 Å². The molecule has 1 fully saturated rings. The molecule has 1 aromatic carbocycles. The van der Waals surface area contributed by atoms with Crippen LogP contribution in [0.4, 0.5) is 13.2 Å². The molecule has 2 aromatic rings. The van der Waals surface area contributed by atoms with Gasteiger partial charge in [-0.05, 0) is 36.6 Å². The number of aromatic nitrogens is 2. The SMILES string of the molecule is COc1ccc(C=CC(=O)N2CCC(c3nnc(C(F)(F)F)o3)CC2)cc1OC. The van der Waals surface area contributed by atoms with E-state index in [0.717, 1.165) is 5.56 Å². The zero-order valence-electron chi connectivity index (χ0n) is 15.9. The summed E-state index contributed by atoms with van der Waals surface area (Å²) < 4.78 is 52.9. The molecule has 10 heteroatoms. The van der Waals surface area contributed by atoms with Gasteiger partial charge >= 0.3 is 12.1 Å². The van der Waals surface area contributed by atoms with Gasteiger partial charge in [0.2, 0.25) is 11.8 Å². The number of rotatable bonds is 5. The number of methoxy groups -OCH3 is 2. The number of hydrogen-bond acceptors (Lipinski definition) is 6. The van der Waals surface area contributed by atoms with Crippen LogP contribution >= 0.6 is 0 Å². The number of ether oxygens (including phenoxy) is 2. The maximum Gasteiger partial charge on any atom is 0.470 e. The third kappa shape index (κ3) is 4.87. The third-order valence-corrected chi connectivity index (χ3v) is 4.66. The summed E-state index contributed by atoms with van der Waals surface area (Å²) in [5.41, 5.74) is 0.774. The number of hydrogen-bond donors (Lipinski definition) is 0. The first-order valence-electron chi connectivity index (χ1n) is 8.91. The average molecular weight is 411 g/mol. The Morgan fingerprint density at radius 1 is 1.17 bits per heavy atom. The molecule has 1 aromatic heterocycles. The van der Waals surface area contributed by atoms with E-state index in [4.69, 9.17) is 13.9 Å². The number of alkyl halides is 3. The van der Waals surface area contributed by atoms with E-state index in [0.29, 0.717) is 37.4 Å². The van der Waals surface area contributed by atoms with Crippen molar-refractivity contribution in [3.63, 3.8) is 0 Å². The van der Waals surface area contributed by atoms with Crippen LogP contribution in [0.15, 0.2) is 28.7 Å². The lowest BCUT2D eigenvalue weighted by Crippen LogP contribution is -2.36. The van der Waals surface area contributed by atoms with Gasteiger partial charge in [0.1, 0.15) is 0 Å². The van der Waals surface area contributed by atoms with Gasteiger partial charge in [-0.15, -0.1) is 10.2 Å². The Balaban J connectivity index is 1.57. The summed E-state index contributed by atoms with van der Waals surface area (Å²) in [6.45, 7) is 0.785. The molecule has 0 spiro atoms. The van der Waals surface area contributed by atoms with E-state index in [2.05, 4.69) is 10.2 Å². The number of likely N-dealkylation sites (tertiary alicyclic amines) is 1. The molecule has 0 atom stereocenters. The molecule has 0 radical (unpaired) electrons. The summed E-state index contributed by atoms with van der Waals surface area (Å²) >= 11 is 0. The maximum atomic E-state index is 12.6. The fraction of sp³-hybridized carbons (Fsp3) is 0.421. The third-order valence-electron chi connectivity index (χ3n) is 4.66. The minimum atomic E-state index is -4.66. The average Bonchev–Trinajstić information content (AvgIpc) is 3.22. The lowest BCUT2D eigenvalue weighted by Gasteiger charge is -2.29. The van der Waals surface area contributed by atoms with Crippen molar-refractivity contribution in [1.29, 1.82) is 0 Å². The molecule has 0 unspecified atom stereocenters. The minimum absolute atomic E-state index is 0.0368. The monoisotopic (exact) mass is 411 g/mol. The van der Waals surface area contributed by atoms with E-state index in [9.17, 15) is 18.0 Å². The Kier molecular flexibility index (Phi) is 6.09. The predicted octanol–water partition coefficient (Wildman–Crippen LogP) is 3.53. The Hall–Kier alpha value is -3.04. The second-order valence-corrected chi connectivity index (χ2v) is 6.49. The molecule has 1 aliphatic heterocycles. The summed E-state index contributed by atoms with van der Waals surface area (Å²) in [6, 6.07) is 5.29. The fourth-order valence-electron chi connectivity index (χ4n) is 3.09. The van der Waals surface area contributed by atoms with Crippen LogP contribution in [-0.4, -0.2) is 48.3 Å². The summed E-state index contributed by atoms with van der Waals surface area (Å²) in [6.07, 6.45) is -0.623. The molecule has 0 aliphatic carbocycles. The summed E-state index contributed by atoms with van der Waals surface area (Å²) in [7, 11) is 3.07. The number of carbonyl (C=O) groups is 1.